The van der Waals surface area contributed by atoms with Crippen molar-refractivity contribution in [2.24, 2.45) is 0 Å². The Morgan fingerprint density at radius 2 is 1.32 bits per heavy atom. The zero-order valence-corrected chi connectivity index (χ0v) is 14.2. The van der Waals surface area contributed by atoms with Gasteiger partial charge in [-0.1, -0.05) is 11.6 Å². The molecule has 0 radical (unpaired) electrons. The van der Waals surface area contributed by atoms with Crippen molar-refractivity contribution in [3.05, 3.63) is 65.9 Å². The molecular formula is C18H16ClN5O. The van der Waals surface area contributed by atoms with Crippen LogP contribution in [0.25, 0.3) is 0 Å². The van der Waals surface area contributed by atoms with E-state index in [0.29, 0.717) is 16.7 Å². The third-order valence-corrected chi connectivity index (χ3v) is 3.51. The summed E-state index contributed by atoms with van der Waals surface area (Å²) in [6, 6.07) is 16.5. The van der Waals surface area contributed by atoms with Crippen LogP contribution in [0.2, 0.25) is 5.02 Å². The van der Waals surface area contributed by atoms with E-state index in [9.17, 15) is 4.79 Å². The minimum absolute atomic E-state index is 0.102. The maximum Gasteiger partial charge on any atom is 0.221 e. The summed E-state index contributed by atoms with van der Waals surface area (Å²) in [7, 11) is 0. The monoisotopic (exact) mass is 353 g/mol. The van der Waals surface area contributed by atoms with Crippen molar-refractivity contribution in [1.29, 1.82) is 0 Å². The average Bonchev–Trinajstić information content (AvgIpc) is 2.59. The summed E-state index contributed by atoms with van der Waals surface area (Å²) >= 11 is 5.88. The summed E-state index contributed by atoms with van der Waals surface area (Å²) in [5, 5.41) is 9.79. The highest BCUT2D eigenvalue weighted by atomic mass is 35.5. The smallest absolute Gasteiger partial charge is 0.221 e. The Kier molecular flexibility index (Phi) is 5.11. The lowest BCUT2D eigenvalue weighted by Crippen LogP contribution is -2.05. The lowest BCUT2D eigenvalue weighted by Gasteiger charge is -2.09. The standard InChI is InChI=1S/C18H16ClN5O/c1-12(25)22-14-6-8-16(9-7-14)24-18-10-17(20-11-21-18)23-15-4-2-13(19)3-5-15/h2-11H,1H3,(H,22,25)(H2,20,21,23,24). The molecular weight excluding hydrogens is 338 g/mol. The van der Waals surface area contributed by atoms with Crippen LogP contribution in [0.1, 0.15) is 6.92 Å². The van der Waals surface area contributed by atoms with E-state index in [1.807, 2.05) is 36.4 Å². The number of nitrogens with zero attached hydrogens (tertiary/aromatic N) is 2. The van der Waals surface area contributed by atoms with Crippen molar-refractivity contribution in [2.45, 2.75) is 6.92 Å². The highest BCUT2D eigenvalue weighted by Gasteiger charge is 2.02. The number of anilines is 5. The van der Waals surface area contributed by atoms with Gasteiger partial charge in [-0.25, -0.2) is 9.97 Å². The van der Waals surface area contributed by atoms with E-state index in [0.717, 1.165) is 17.1 Å². The summed E-state index contributed by atoms with van der Waals surface area (Å²) in [6.45, 7) is 1.47. The molecule has 3 rings (SSSR count). The van der Waals surface area contributed by atoms with Crippen LogP contribution < -0.4 is 16.0 Å². The Morgan fingerprint density at radius 1 is 0.840 bits per heavy atom. The molecule has 7 heteroatoms. The number of carbonyl (C=O) groups excluding carboxylic acids is 1. The maximum atomic E-state index is 11.0. The second-order valence-electron chi connectivity index (χ2n) is 5.30. The van der Waals surface area contributed by atoms with E-state index in [4.69, 9.17) is 11.6 Å². The van der Waals surface area contributed by atoms with E-state index < -0.39 is 0 Å². The van der Waals surface area contributed by atoms with Gasteiger partial charge in [-0.15, -0.1) is 0 Å². The molecule has 3 aromatic rings. The van der Waals surface area contributed by atoms with Crippen LogP contribution in [0.5, 0.6) is 0 Å². The number of hydrogen-bond acceptors (Lipinski definition) is 5. The number of amides is 1. The third-order valence-electron chi connectivity index (χ3n) is 3.26. The van der Waals surface area contributed by atoms with Crippen LogP contribution in [0.4, 0.5) is 28.7 Å². The second kappa shape index (κ2) is 7.63. The van der Waals surface area contributed by atoms with Gasteiger partial charge in [0.05, 0.1) is 0 Å². The Labute approximate surface area is 150 Å². The SMILES string of the molecule is CC(=O)Nc1ccc(Nc2cc(Nc3ccc(Cl)cc3)ncn2)cc1. The Hall–Kier alpha value is -3.12. The van der Waals surface area contributed by atoms with Gasteiger partial charge < -0.3 is 16.0 Å². The van der Waals surface area contributed by atoms with Crippen molar-refractivity contribution in [3.8, 4) is 0 Å². The van der Waals surface area contributed by atoms with Gasteiger partial charge in [0.1, 0.15) is 18.0 Å². The fraction of sp³-hybridized carbons (Fsp3) is 0.0556. The molecule has 0 bridgehead atoms. The highest BCUT2D eigenvalue weighted by Crippen LogP contribution is 2.21. The minimum atomic E-state index is -0.102. The number of benzene rings is 2. The Balaban J connectivity index is 1.68. The van der Waals surface area contributed by atoms with Gasteiger partial charge in [0.2, 0.25) is 5.91 Å². The molecule has 1 amide bonds. The molecule has 0 aliphatic rings. The van der Waals surface area contributed by atoms with Crippen molar-refractivity contribution in [1.82, 2.24) is 9.97 Å². The summed E-state index contributed by atoms with van der Waals surface area (Å²) in [5.74, 6) is 1.21. The second-order valence-corrected chi connectivity index (χ2v) is 5.74. The number of nitrogens with one attached hydrogen (secondary N) is 3. The molecule has 6 nitrogen and oxygen atoms in total. The molecule has 0 saturated carbocycles. The van der Waals surface area contributed by atoms with Crippen molar-refractivity contribution in [3.63, 3.8) is 0 Å². The molecule has 0 fully saturated rings. The van der Waals surface area contributed by atoms with Crippen LogP contribution in [0.15, 0.2) is 60.9 Å². The molecule has 0 saturated heterocycles. The van der Waals surface area contributed by atoms with E-state index in [2.05, 4.69) is 25.9 Å². The molecule has 3 N–H and O–H groups in total. The van der Waals surface area contributed by atoms with Gasteiger partial charge in [0.15, 0.2) is 0 Å². The predicted molar refractivity (Wildman–Crippen MR) is 101 cm³/mol. The molecule has 1 heterocycles. The van der Waals surface area contributed by atoms with Gasteiger partial charge in [0, 0.05) is 35.1 Å². The average molecular weight is 354 g/mol. The number of hydrogen-bond donors (Lipinski definition) is 3. The Morgan fingerprint density at radius 3 is 1.84 bits per heavy atom. The molecule has 25 heavy (non-hydrogen) atoms. The first-order valence-corrected chi connectivity index (χ1v) is 7.95. The quantitative estimate of drug-likeness (QED) is 0.626. The first-order chi connectivity index (χ1) is 12.1. The van der Waals surface area contributed by atoms with E-state index in [1.165, 1.54) is 13.3 Å². The topological polar surface area (TPSA) is 78.9 Å². The number of carbonyl (C=O) groups is 1. The predicted octanol–water partition coefficient (Wildman–Crippen LogP) is 4.58. The van der Waals surface area contributed by atoms with Gasteiger partial charge >= 0.3 is 0 Å². The number of rotatable bonds is 5. The van der Waals surface area contributed by atoms with Crippen LogP contribution in [-0.4, -0.2) is 15.9 Å². The van der Waals surface area contributed by atoms with Crippen LogP contribution in [0, 0.1) is 0 Å². The van der Waals surface area contributed by atoms with Crippen LogP contribution in [-0.2, 0) is 4.79 Å². The van der Waals surface area contributed by atoms with E-state index in [-0.39, 0.29) is 5.91 Å². The molecule has 0 spiro atoms. The largest absolute Gasteiger partial charge is 0.340 e. The fourth-order valence-corrected chi connectivity index (χ4v) is 2.29. The van der Waals surface area contributed by atoms with E-state index in [1.54, 1.807) is 18.2 Å². The first kappa shape index (κ1) is 16.7. The third kappa shape index (κ3) is 4.92. The van der Waals surface area contributed by atoms with E-state index >= 15 is 0 Å². The summed E-state index contributed by atoms with van der Waals surface area (Å²) in [6.07, 6.45) is 1.48. The van der Waals surface area contributed by atoms with Crippen LogP contribution >= 0.6 is 11.6 Å². The highest BCUT2D eigenvalue weighted by molar-refractivity contribution is 6.30. The first-order valence-electron chi connectivity index (χ1n) is 7.58. The maximum absolute atomic E-state index is 11.0. The zero-order chi connectivity index (χ0) is 17.6. The number of aromatic nitrogens is 2. The minimum Gasteiger partial charge on any atom is -0.340 e. The molecule has 0 aliphatic carbocycles. The molecule has 1 aromatic heterocycles. The fourth-order valence-electron chi connectivity index (χ4n) is 2.16. The normalized spacial score (nSPS) is 10.2. The summed E-state index contributed by atoms with van der Waals surface area (Å²) in [4.78, 5) is 19.4. The number of halogens is 1. The molecule has 2 aromatic carbocycles. The molecule has 126 valence electrons. The molecule has 0 unspecified atom stereocenters. The van der Waals surface area contributed by atoms with Crippen molar-refractivity contribution >= 4 is 46.2 Å². The summed E-state index contributed by atoms with van der Waals surface area (Å²) < 4.78 is 0. The molecule has 0 atom stereocenters. The van der Waals surface area contributed by atoms with Crippen LogP contribution in [0.3, 0.4) is 0 Å². The van der Waals surface area contributed by atoms with Crippen molar-refractivity contribution < 1.29 is 4.79 Å². The lowest BCUT2D eigenvalue weighted by atomic mass is 10.2. The van der Waals surface area contributed by atoms with Crippen molar-refractivity contribution in [2.75, 3.05) is 16.0 Å². The zero-order valence-electron chi connectivity index (χ0n) is 13.5. The molecule has 0 aliphatic heterocycles. The lowest BCUT2D eigenvalue weighted by molar-refractivity contribution is -0.114. The van der Waals surface area contributed by atoms with Gasteiger partial charge in [-0.05, 0) is 48.5 Å². The van der Waals surface area contributed by atoms with Gasteiger partial charge in [-0.3, -0.25) is 4.79 Å². The van der Waals surface area contributed by atoms with Gasteiger partial charge in [-0.2, -0.15) is 0 Å². The van der Waals surface area contributed by atoms with Gasteiger partial charge in [0.25, 0.3) is 0 Å². The summed E-state index contributed by atoms with van der Waals surface area (Å²) in [5.41, 5.74) is 2.48. The Bertz CT molecular complexity index is 865.